The number of hydrogen-bond acceptors (Lipinski definition) is 2. The summed E-state index contributed by atoms with van der Waals surface area (Å²) in [6.07, 6.45) is 15.0. The zero-order valence-electron chi connectivity index (χ0n) is 14.5. The second-order valence-electron chi connectivity index (χ2n) is 6.43. The van der Waals surface area contributed by atoms with Crippen molar-refractivity contribution < 1.29 is 15.0 Å². The molecule has 2 N–H and O–H groups in total. The van der Waals surface area contributed by atoms with Gasteiger partial charge in [-0.3, -0.25) is 0 Å². The van der Waals surface area contributed by atoms with E-state index in [2.05, 4.69) is 6.92 Å². The standard InChI is InChI=1S/C20H32O3/c1-2-3-4-5-6-7-8-9-10-11-12-13-17-14-15-18(21)16-19(17)20(22)23/h14-16,21H,2-13H2,1H3,(H,22,23). The number of phenolic OH excluding ortho intramolecular Hbond substituents is 1. The molecule has 0 saturated heterocycles. The predicted octanol–water partition coefficient (Wildman–Crippen LogP) is 5.94. The van der Waals surface area contributed by atoms with Crippen LogP contribution in [0.2, 0.25) is 0 Å². The maximum atomic E-state index is 11.2. The normalized spacial score (nSPS) is 10.8. The summed E-state index contributed by atoms with van der Waals surface area (Å²) in [5, 5.41) is 18.5. The number of carbonyl (C=O) groups is 1. The number of carboxylic acids is 1. The van der Waals surface area contributed by atoms with Crippen LogP contribution in [0, 0.1) is 0 Å². The Labute approximate surface area is 140 Å². The van der Waals surface area contributed by atoms with Crippen LogP contribution in [0.4, 0.5) is 0 Å². The minimum absolute atomic E-state index is 0.0186. The Morgan fingerprint density at radius 1 is 0.870 bits per heavy atom. The third-order valence-electron chi connectivity index (χ3n) is 4.37. The van der Waals surface area contributed by atoms with Crippen LogP contribution in [0.3, 0.4) is 0 Å². The minimum atomic E-state index is -0.959. The molecule has 1 aromatic carbocycles. The molecule has 0 atom stereocenters. The van der Waals surface area contributed by atoms with Gasteiger partial charge in [0, 0.05) is 0 Å². The Balaban J connectivity index is 2.08. The van der Waals surface area contributed by atoms with E-state index in [9.17, 15) is 9.90 Å². The van der Waals surface area contributed by atoms with Crippen LogP contribution in [0.1, 0.15) is 93.5 Å². The summed E-state index contributed by atoms with van der Waals surface area (Å²) in [6, 6.07) is 4.64. The SMILES string of the molecule is CCCCCCCCCCCCCc1ccc(O)cc1C(=O)O. The smallest absolute Gasteiger partial charge is 0.336 e. The van der Waals surface area contributed by atoms with Gasteiger partial charge in [0.15, 0.2) is 0 Å². The van der Waals surface area contributed by atoms with Crippen LogP contribution in [0.25, 0.3) is 0 Å². The molecule has 0 amide bonds. The molecule has 0 aliphatic rings. The third kappa shape index (κ3) is 8.63. The number of aryl methyl sites for hydroxylation is 1. The van der Waals surface area contributed by atoms with Gasteiger partial charge in [0.25, 0.3) is 0 Å². The summed E-state index contributed by atoms with van der Waals surface area (Å²) in [7, 11) is 0. The van der Waals surface area contributed by atoms with Gasteiger partial charge < -0.3 is 10.2 Å². The lowest BCUT2D eigenvalue weighted by molar-refractivity contribution is 0.0695. The number of hydrogen-bond donors (Lipinski definition) is 2. The third-order valence-corrected chi connectivity index (χ3v) is 4.37. The van der Waals surface area contributed by atoms with Gasteiger partial charge in [-0.15, -0.1) is 0 Å². The summed E-state index contributed by atoms with van der Waals surface area (Å²) < 4.78 is 0. The highest BCUT2D eigenvalue weighted by molar-refractivity contribution is 5.89. The monoisotopic (exact) mass is 320 g/mol. The second-order valence-corrected chi connectivity index (χ2v) is 6.43. The Morgan fingerprint density at radius 3 is 1.91 bits per heavy atom. The molecule has 0 fully saturated rings. The van der Waals surface area contributed by atoms with E-state index in [0.717, 1.165) is 24.8 Å². The minimum Gasteiger partial charge on any atom is -0.508 e. The van der Waals surface area contributed by atoms with Crippen molar-refractivity contribution in [2.45, 2.75) is 84.0 Å². The largest absolute Gasteiger partial charge is 0.508 e. The number of aromatic hydroxyl groups is 1. The highest BCUT2D eigenvalue weighted by Crippen LogP contribution is 2.19. The fraction of sp³-hybridized carbons (Fsp3) is 0.650. The number of rotatable bonds is 13. The first kappa shape index (κ1) is 19.5. The molecule has 3 nitrogen and oxygen atoms in total. The van der Waals surface area contributed by atoms with Crippen LogP contribution in [-0.4, -0.2) is 16.2 Å². The van der Waals surface area contributed by atoms with Crippen molar-refractivity contribution in [1.82, 2.24) is 0 Å². The van der Waals surface area contributed by atoms with Gasteiger partial charge in [0.2, 0.25) is 0 Å². The maximum absolute atomic E-state index is 11.2. The molecule has 130 valence electrons. The lowest BCUT2D eigenvalue weighted by Crippen LogP contribution is -2.02. The lowest BCUT2D eigenvalue weighted by atomic mass is 10.00. The highest BCUT2D eigenvalue weighted by atomic mass is 16.4. The van der Waals surface area contributed by atoms with E-state index in [0.29, 0.717) is 0 Å². The zero-order valence-corrected chi connectivity index (χ0v) is 14.5. The van der Waals surface area contributed by atoms with E-state index < -0.39 is 5.97 Å². The summed E-state index contributed by atoms with van der Waals surface area (Å²) >= 11 is 0. The van der Waals surface area contributed by atoms with Crippen LogP contribution in [-0.2, 0) is 6.42 Å². The summed E-state index contributed by atoms with van der Waals surface area (Å²) in [6.45, 7) is 2.25. The molecule has 0 unspecified atom stereocenters. The predicted molar refractivity (Wildman–Crippen MR) is 95.2 cm³/mol. The first-order chi connectivity index (χ1) is 11.1. The van der Waals surface area contributed by atoms with Crippen molar-refractivity contribution in [3.63, 3.8) is 0 Å². The van der Waals surface area contributed by atoms with Gasteiger partial charge in [0.1, 0.15) is 5.75 Å². The number of unbranched alkanes of at least 4 members (excludes halogenated alkanes) is 10. The van der Waals surface area contributed by atoms with E-state index in [1.807, 2.05) is 0 Å². The molecule has 0 heterocycles. The molecule has 3 heteroatoms. The van der Waals surface area contributed by atoms with Crippen molar-refractivity contribution >= 4 is 5.97 Å². The highest BCUT2D eigenvalue weighted by Gasteiger charge is 2.10. The van der Waals surface area contributed by atoms with Crippen molar-refractivity contribution in [2.24, 2.45) is 0 Å². The summed E-state index contributed by atoms with van der Waals surface area (Å²) in [5.74, 6) is -0.941. The van der Waals surface area contributed by atoms with Crippen LogP contribution in [0.5, 0.6) is 5.75 Å². The van der Waals surface area contributed by atoms with Gasteiger partial charge in [-0.25, -0.2) is 4.79 Å². The molecule has 0 aliphatic carbocycles. The molecular formula is C20H32O3. The van der Waals surface area contributed by atoms with Gasteiger partial charge in [-0.2, -0.15) is 0 Å². The van der Waals surface area contributed by atoms with Crippen molar-refractivity contribution in [2.75, 3.05) is 0 Å². The lowest BCUT2D eigenvalue weighted by Gasteiger charge is -2.07. The van der Waals surface area contributed by atoms with Crippen LogP contribution in [0.15, 0.2) is 18.2 Å². The fourth-order valence-corrected chi connectivity index (χ4v) is 2.96. The molecular weight excluding hydrogens is 288 g/mol. The van der Waals surface area contributed by atoms with E-state index in [1.54, 1.807) is 12.1 Å². The average molecular weight is 320 g/mol. The Bertz CT molecular complexity index is 454. The molecule has 0 radical (unpaired) electrons. The molecule has 1 aromatic rings. The van der Waals surface area contributed by atoms with Crippen LogP contribution >= 0.6 is 0 Å². The van der Waals surface area contributed by atoms with Gasteiger partial charge in [0.05, 0.1) is 5.56 Å². The number of benzene rings is 1. The quantitative estimate of drug-likeness (QED) is 0.442. The first-order valence-electron chi connectivity index (χ1n) is 9.20. The molecule has 0 bridgehead atoms. The van der Waals surface area contributed by atoms with Crippen LogP contribution < -0.4 is 0 Å². The maximum Gasteiger partial charge on any atom is 0.336 e. The number of aromatic carboxylic acids is 1. The topological polar surface area (TPSA) is 57.5 Å². The fourth-order valence-electron chi connectivity index (χ4n) is 2.96. The summed E-state index contributed by atoms with van der Waals surface area (Å²) in [4.78, 5) is 11.2. The van der Waals surface area contributed by atoms with Gasteiger partial charge in [-0.1, -0.05) is 77.2 Å². The van der Waals surface area contributed by atoms with Crippen molar-refractivity contribution in [3.8, 4) is 5.75 Å². The summed E-state index contributed by atoms with van der Waals surface area (Å²) in [5.41, 5.74) is 1.06. The van der Waals surface area contributed by atoms with Gasteiger partial charge >= 0.3 is 5.97 Å². The Hall–Kier alpha value is -1.51. The van der Waals surface area contributed by atoms with E-state index >= 15 is 0 Å². The van der Waals surface area contributed by atoms with Gasteiger partial charge in [-0.05, 0) is 30.5 Å². The van der Waals surface area contributed by atoms with Crippen molar-refractivity contribution in [3.05, 3.63) is 29.3 Å². The van der Waals surface area contributed by atoms with E-state index in [4.69, 9.17) is 5.11 Å². The second kappa shape index (κ2) is 12.0. The average Bonchev–Trinajstić information content (AvgIpc) is 2.53. The number of carboxylic acid groups (broad SMARTS) is 1. The molecule has 0 saturated carbocycles. The first-order valence-corrected chi connectivity index (χ1v) is 9.20. The molecule has 1 rings (SSSR count). The van der Waals surface area contributed by atoms with E-state index in [1.165, 1.54) is 63.9 Å². The van der Waals surface area contributed by atoms with Crippen molar-refractivity contribution in [1.29, 1.82) is 0 Å². The molecule has 23 heavy (non-hydrogen) atoms. The zero-order chi connectivity index (χ0) is 16.9. The Kier molecular flexibility index (Phi) is 10.2. The molecule has 0 aromatic heterocycles. The molecule has 0 aliphatic heterocycles. The Morgan fingerprint density at radius 2 is 1.39 bits per heavy atom. The van der Waals surface area contributed by atoms with E-state index in [-0.39, 0.29) is 11.3 Å². The number of phenols is 1. The molecule has 0 spiro atoms.